The lowest BCUT2D eigenvalue weighted by molar-refractivity contribution is 0.251. The lowest BCUT2D eigenvalue weighted by atomic mass is 10.3. The number of unbranched alkanes of at least 4 members (excludes halogenated alkanes) is 1. The van der Waals surface area contributed by atoms with Crippen LogP contribution in [-0.2, 0) is 0 Å². The van der Waals surface area contributed by atoms with Crippen LogP contribution in [0.2, 0.25) is 0 Å². The highest BCUT2D eigenvalue weighted by Gasteiger charge is 2.07. The van der Waals surface area contributed by atoms with Gasteiger partial charge in [0.05, 0.1) is 0 Å². The van der Waals surface area contributed by atoms with Gasteiger partial charge in [-0.15, -0.1) is 0 Å². The fraction of sp³-hybridized carbons (Fsp3) is 1.00. The van der Waals surface area contributed by atoms with E-state index in [0.29, 0.717) is 6.61 Å². The van der Waals surface area contributed by atoms with E-state index >= 15 is 0 Å². The minimum atomic E-state index is 0.350. The van der Waals surface area contributed by atoms with Gasteiger partial charge in [-0.25, -0.2) is 0 Å². The van der Waals surface area contributed by atoms with Gasteiger partial charge in [0.25, 0.3) is 0 Å². The Kier molecular flexibility index (Phi) is 5.82. The fourth-order valence-corrected chi connectivity index (χ4v) is 2.39. The molecule has 0 spiro atoms. The van der Waals surface area contributed by atoms with E-state index in [0.717, 1.165) is 12.8 Å². The second-order valence-corrected chi connectivity index (χ2v) is 4.46. The number of nitrogens with zero attached hydrogens (tertiary/aromatic N) is 1. The van der Waals surface area contributed by atoms with Crippen LogP contribution in [0, 0.1) is 0 Å². The molecule has 0 aromatic carbocycles. The molecule has 1 aliphatic rings. The molecule has 1 rings (SSSR count). The van der Waals surface area contributed by atoms with Crippen LogP contribution in [0.5, 0.6) is 0 Å². The zero-order valence-electron chi connectivity index (χ0n) is 7.67. The lowest BCUT2D eigenvalue weighted by Gasteiger charge is -2.18. The molecule has 0 aliphatic carbocycles. The van der Waals surface area contributed by atoms with Crippen molar-refractivity contribution in [2.75, 3.05) is 37.7 Å². The van der Waals surface area contributed by atoms with E-state index in [4.69, 9.17) is 5.11 Å². The molecular formula is C9H19NOS. The van der Waals surface area contributed by atoms with Crippen LogP contribution in [0.15, 0.2) is 0 Å². The molecule has 3 heteroatoms. The highest BCUT2D eigenvalue weighted by atomic mass is 32.2. The zero-order chi connectivity index (χ0) is 8.65. The van der Waals surface area contributed by atoms with Crippen molar-refractivity contribution in [3.05, 3.63) is 0 Å². The lowest BCUT2D eigenvalue weighted by Crippen LogP contribution is -2.27. The molecule has 1 N–H and O–H groups in total. The Balaban J connectivity index is 2.04. The molecule has 0 bridgehead atoms. The maximum atomic E-state index is 8.63. The van der Waals surface area contributed by atoms with Crippen LogP contribution in [0.3, 0.4) is 0 Å². The van der Waals surface area contributed by atoms with E-state index in [2.05, 4.69) is 16.7 Å². The van der Waals surface area contributed by atoms with Crippen LogP contribution in [0.25, 0.3) is 0 Å². The quantitative estimate of drug-likeness (QED) is 0.672. The topological polar surface area (TPSA) is 23.5 Å². The summed E-state index contributed by atoms with van der Waals surface area (Å²) in [4.78, 5) is 2.52. The molecule has 0 radical (unpaired) electrons. The Morgan fingerprint density at radius 1 is 1.17 bits per heavy atom. The van der Waals surface area contributed by atoms with Gasteiger partial charge in [0.15, 0.2) is 0 Å². The first-order valence-corrected chi connectivity index (χ1v) is 6.00. The standard InChI is InChI=1S/C9H19NOS/c11-7-2-1-4-10-5-3-8-12-9-6-10/h11H,1-9H2. The van der Waals surface area contributed by atoms with E-state index in [1.54, 1.807) is 0 Å². The Morgan fingerprint density at radius 2 is 2.08 bits per heavy atom. The molecule has 72 valence electrons. The SMILES string of the molecule is OCCCCN1CCCSCC1. The largest absolute Gasteiger partial charge is 0.396 e. The first-order valence-electron chi connectivity index (χ1n) is 4.84. The number of hydrogen-bond acceptors (Lipinski definition) is 3. The van der Waals surface area contributed by atoms with Gasteiger partial charge >= 0.3 is 0 Å². The van der Waals surface area contributed by atoms with Crippen LogP contribution >= 0.6 is 11.8 Å². The van der Waals surface area contributed by atoms with Crippen molar-refractivity contribution in [2.45, 2.75) is 19.3 Å². The Bertz CT molecular complexity index is 103. The number of aliphatic hydroxyl groups is 1. The summed E-state index contributed by atoms with van der Waals surface area (Å²) in [6.07, 6.45) is 3.45. The van der Waals surface area contributed by atoms with Gasteiger partial charge in [0.1, 0.15) is 0 Å². The molecule has 0 aromatic rings. The fourth-order valence-electron chi connectivity index (χ4n) is 1.47. The molecule has 0 amide bonds. The molecule has 12 heavy (non-hydrogen) atoms. The van der Waals surface area contributed by atoms with Crippen molar-refractivity contribution in [1.29, 1.82) is 0 Å². The predicted molar refractivity (Wildman–Crippen MR) is 54.7 cm³/mol. The van der Waals surface area contributed by atoms with Crippen molar-refractivity contribution in [1.82, 2.24) is 4.90 Å². The zero-order valence-corrected chi connectivity index (χ0v) is 8.48. The number of hydrogen-bond donors (Lipinski definition) is 1. The summed E-state index contributed by atoms with van der Waals surface area (Å²) in [6, 6.07) is 0. The Labute approximate surface area is 79.3 Å². The van der Waals surface area contributed by atoms with Crippen molar-refractivity contribution in [3.63, 3.8) is 0 Å². The minimum absolute atomic E-state index is 0.350. The Hall–Kier alpha value is 0.270. The molecule has 1 heterocycles. The van der Waals surface area contributed by atoms with Gasteiger partial charge in [-0.05, 0) is 38.1 Å². The van der Waals surface area contributed by atoms with Gasteiger partial charge < -0.3 is 10.0 Å². The summed E-state index contributed by atoms with van der Waals surface area (Å²) in [5.74, 6) is 2.62. The van der Waals surface area contributed by atoms with Crippen molar-refractivity contribution < 1.29 is 5.11 Å². The van der Waals surface area contributed by atoms with Crippen LogP contribution in [-0.4, -0.2) is 47.8 Å². The van der Waals surface area contributed by atoms with E-state index < -0.39 is 0 Å². The number of thioether (sulfide) groups is 1. The summed E-state index contributed by atoms with van der Waals surface area (Å²) in [5.41, 5.74) is 0. The van der Waals surface area contributed by atoms with Gasteiger partial charge in [0.2, 0.25) is 0 Å². The molecule has 0 unspecified atom stereocenters. The summed E-state index contributed by atoms with van der Waals surface area (Å²) < 4.78 is 0. The van der Waals surface area contributed by atoms with Gasteiger partial charge in [0, 0.05) is 18.9 Å². The van der Waals surface area contributed by atoms with Crippen LogP contribution in [0.1, 0.15) is 19.3 Å². The van der Waals surface area contributed by atoms with E-state index in [1.807, 2.05) is 0 Å². The van der Waals surface area contributed by atoms with Crippen molar-refractivity contribution >= 4 is 11.8 Å². The van der Waals surface area contributed by atoms with Gasteiger partial charge in [-0.3, -0.25) is 0 Å². The summed E-state index contributed by atoms with van der Waals surface area (Å²) in [6.45, 7) is 4.04. The summed E-state index contributed by atoms with van der Waals surface area (Å²) in [7, 11) is 0. The molecule has 2 nitrogen and oxygen atoms in total. The predicted octanol–water partition coefficient (Wildman–Crippen LogP) is 1.20. The first-order chi connectivity index (χ1) is 5.93. The smallest absolute Gasteiger partial charge is 0.0431 e. The average Bonchev–Trinajstić information content (AvgIpc) is 2.33. The first kappa shape index (κ1) is 10.4. The summed E-state index contributed by atoms with van der Waals surface area (Å²) >= 11 is 2.07. The molecule has 1 fully saturated rings. The Morgan fingerprint density at radius 3 is 2.92 bits per heavy atom. The third-order valence-corrected chi connectivity index (χ3v) is 3.25. The second-order valence-electron chi connectivity index (χ2n) is 3.24. The highest BCUT2D eigenvalue weighted by molar-refractivity contribution is 7.99. The van der Waals surface area contributed by atoms with E-state index in [9.17, 15) is 0 Å². The molecular weight excluding hydrogens is 170 g/mol. The molecule has 0 aromatic heterocycles. The normalized spacial score (nSPS) is 20.8. The third-order valence-electron chi connectivity index (χ3n) is 2.20. The third kappa shape index (κ3) is 4.33. The van der Waals surface area contributed by atoms with Crippen molar-refractivity contribution in [3.8, 4) is 0 Å². The summed E-state index contributed by atoms with van der Waals surface area (Å²) in [5, 5.41) is 8.63. The number of aliphatic hydroxyl groups excluding tert-OH is 1. The molecule has 0 atom stereocenters. The second kappa shape index (κ2) is 6.75. The molecule has 1 saturated heterocycles. The maximum absolute atomic E-state index is 8.63. The monoisotopic (exact) mass is 189 g/mol. The van der Waals surface area contributed by atoms with Crippen LogP contribution in [0.4, 0.5) is 0 Å². The number of rotatable bonds is 4. The molecule has 1 aliphatic heterocycles. The van der Waals surface area contributed by atoms with E-state index in [-0.39, 0.29) is 0 Å². The van der Waals surface area contributed by atoms with E-state index in [1.165, 1.54) is 37.6 Å². The van der Waals surface area contributed by atoms with Crippen LogP contribution < -0.4 is 0 Å². The maximum Gasteiger partial charge on any atom is 0.0431 e. The molecule has 0 saturated carbocycles. The minimum Gasteiger partial charge on any atom is -0.396 e. The highest BCUT2D eigenvalue weighted by Crippen LogP contribution is 2.10. The van der Waals surface area contributed by atoms with Crippen molar-refractivity contribution in [2.24, 2.45) is 0 Å². The van der Waals surface area contributed by atoms with Gasteiger partial charge in [-0.2, -0.15) is 11.8 Å². The average molecular weight is 189 g/mol. The van der Waals surface area contributed by atoms with Gasteiger partial charge in [-0.1, -0.05) is 0 Å².